The SMILES string of the molecule is CCCCCCCCCCCCCC/C=C/C(O)/C=C(\C)c1ccccc1. The molecule has 1 aromatic carbocycles. The average Bonchev–Trinajstić information content (AvgIpc) is 2.69. The molecule has 0 amide bonds. The van der Waals surface area contributed by atoms with Gasteiger partial charge in [0, 0.05) is 0 Å². The maximum absolute atomic E-state index is 10.1. The Morgan fingerprint density at radius 1 is 0.815 bits per heavy atom. The van der Waals surface area contributed by atoms with Gasteiger partial charge in [0.05, 0.1) is 6.10 Å². The van der Waals surface area contributed by atoms with Crippen LogP contribution in [0.1, 0.15) is 103 Å². The molecule has 0 aromatic heterocycles. The van der Waals surface area contributed by atoms with Crippen molar-refractivity contribution in [2.75, 3.05) is 0 Å². The van der Waals surface area contributed by atoms with E-state index in [0.29, 0.717) is 0 Å². The molecular formula is C26H42O. The van der Waals surface area contributed by atoms with Crippen LogP contribution < -0.4 is 0 Å². The minimum Gasteiger partial charge on any atom is -0.385 e. The second-order valence-corrected chi connectivity index (χ2v) is 7.81. The molecule has 0 saturated heterocycles. The summed E-state index contributed by atoms with van der Waals surface area (Å²) < 4.78 is 0. The van der Waals surface area contributed by atoms with Gasteiger partial charge in [-0.25, -0.2) is 0 Å². The fourth-order valence-corrected chi connectivity index (χ4v) is 3.45. The fourth-order valence-electron chi connectivity index (χ4n) is 3.45. The van der Waals surface area contributed by atoms with E-state index < -0.39 is 6.10 Å². The first kappa shape index (κ1) is 23.7. The predicted octanol–water partition coefficient (Wildman–Crippen LogP) is 8.10. The third-order valence-electron chi connectivity index (χ3n) is 5.21. The highest BCUT2D eigenvalue weighted by Crippen LogP contribution is 2.15. The lowest BCUT2D eigenvalue weighted by atomic mass is 10.0. The number of benzene rings is 1. The van der Waals surface area contributed by atoms with E-state index in [1.165, 1.54) is 82.6 Å². The molecule has 0 bridgehead atoms. The van der Waals surface area contributed by atoms with Crippen molar-refractivity contribution in [2.45, 2.75) is 103 Å². The summed E-state index contributed by atoms with van der Waals surface area (Å²) in [7, 11) is 0. The number of hydrogen-bond donors (Lipinski definition) is 1. The molecule has 1 N–H and O–H groups in total. The van der Waals surface area contributed by atoms with Crippen molar-refractivity contribution >= 4 is 5.57 Å². The highest BCUT2D eigenvalue weighted by Gasteiger charge is 1.98. The Labute approximate surface area is 168 Å². The smallest absolute Gasteiger partial charge is 0.0908 e. The summed E-state index contributed by atoms with van der Waals surface area (Å²) in [5, 5.41) is 10.1. The van der Waals surface area contributed by atoms with Crippen LogP contribution in [0.4, 0.5) is 0 Å². The third kappa shape index (κ3) is 13.5. The maximum Gasteiger partial charge on any atom is 0.0908 e. The topological polar surface area (TPSA) is 20.2 Å². The normalized spacial score (nSPS) is 13.4. The molecule has 0 spiro atoms. The number of unbranched alkanes of at least 4 members (excludes halogenated alkanes) is 12. The summed E-state index contributed by atoms with van der Waals surface area (Å²) >= 11 is 0. The molecule has 0 heterocycles. The van der Waals surface area contributed by atoms with E-state index in [-0.39, 0.29) is 0 Å². The van der Waals surface area contributed by atoms with Crippen molar-refractivity contribution in [1.29, 1.82) is 0 Å². The van der Waals surface area contributed by atoms with Gasteiger partial charge in [-0.1, -0.05) is 120 Å². The van der Waals surface area contributed by atoms with Gasteiger partial charge in [-0.2, -0.15) is 0 Å². The quantitative estimate of drug-likeness (QED) is 0.230. The number of aliphatic hydroxyl groups is 1. The second-order valence-electron chi connectivity index (χ2n) is 7.81. The Hall–Kier alpha value is -1.34. The maximum atomic E-state index is 10.1. The number of rotatable bonds is 16. The monoisotopic (exact) mass is 370 g/mol. The van der Waals surface area contributed by atoms with E-state index >= 15 is 0 Å². The van der Waals surface area contributed by atoms with Crippen LogP contribution in [-0.2, 0) is 0 Å². The van der Waals surface area contributed by atoms with Gasteiger partial charge < -0.3 is 5.11 Å². The molecule has 0 fully saturated rings. The summed E-state index contributed by atoms with van der Waals surface area (Å²) in [6.07, 6.45) is 23.2. The van der Waals surface area contributed by atoms with Gasteiger partial charge in [-0.3, -0.25) is 0 Å². The lowest BCUT2D eigenvalue weighted by Crippen LogP contribution is -1.97. The fraction of sp³-hybridized carbons (Fsp3) is 0.615. The molecule has 152 valence electrons. The summed E-state index contributed by atoms with van der Waals surface area (Å²) in [6, 6.07) is 10.2. The molecular weight excluding hydrogens is 328 g/mol. The zero-order valence-corrected chi connectivity index (χ0v) is 17.8. The van der Waals surface area contributed by atoms with Crippen molar-refractivity contribution in [2.24, 2.45) is 0 Å². The summed E-state index contributed by atoms with van der Waals surface area (Å²) in [5.41, 5.74) is 2.30. The summed E-state index contributed by atoms with van der Waals surface area (Å²) in [5.74, 6) is 0. The largest absolute Gasteiger partial charge is 0.385 e. The Kier molecular flexibility index (Phi) is 14.8. The van der Waals surface area contributed by atoms with Crippen molar-refractivity contribution in [3.8, 4) is 0 Å². The Morgan fingerprint density at radius 2 is 1.33 bits per heavy atom. The lowest BCUT2D eigenvalue weighted by molar-refractivity contribution is 0.271. The first-order valence-electron chi connectivity index (χ1n) is 11.3. The molecule has 1 heteroatoms. The predicted molar refractivity (Wildman–Crippen MR) is 121 cm³/mol. The molecule has 27 heavy (non-hydrogen) atoms. The molecule has 0 radical (unpaired) electrons. The molecule has 1 unspecified atom stereocenters. The van der Waals surface area contributed by atoms with Crippen LogP contribution in [0.3, 0.4) is 0 Å². The van der Waals surface area contributed by atoms with Crippen molar-refractivity contribution in [3.05, 3.63) is 54.1 Å². The van der Waals surface area contributed by atoms with E-state index in [1.807, 2.05) is 30.4 Å². The van der Waals surface area contributed by atoms with E-state index in [4.69, 9.17) is 0 Å². The summed E-state index contributed by atoms with van der Waals surface area (Å²) in [6.45, 7) is 4.33. The standard InChI is InChI=1S/C26H42O/c1-3-4-5-6-7-8-9-10-11-12-13-14-15-19-22-26(27)23-24(2)25-20-17-16-18-21-25/h16-23,26-27H,3-15H2,1-2H3/b22-19+,24-23+. The first-order valence-corrected chi connectivity index (χ1v) is 11.3. The Bertz CT molecular complexity index is 500. The van der Waals surface area contributed by atoms with Crippen LogP contribution in [0.15, 0.2) is 48.6 Å². The van der Waals surface area contributed by atoms with Crippen LogP contribution in [0.25, 0.3) is 5.57 Å². The van der Waals surface area contributed by atoms with Gasteiger partial charge in [0.2, 0.25) is 0 Å². The van der Waals surface area contributed by atoms with Crippen LogP contribution in [0.5, 0.6) is 0 Å². The first-order chi connectivity index (χ1) is 13.2. The van der Waals surface area contributed by atoms with Crippen LogP contribution in [0.2, 0.25) is 0 Å². The minimum atomic E-state index is -0.484. The van der Waals surface area contributed by atoms with Crippen molar-refractivity contribution < 1.29 is 5.11 Å². The van der Waals surface area contributed by atoms with E-state index in [9.17, 15) is 5.11 Å². The molecule has 1 atom stereocenters. The zero-order valence-electron chi connectivity index (χ0n) is 17.8. The van der Waals surface area contributed by atoms with Crippen LogP contribution in [0, 0.1) is 0 Å². The van der Waals surface area contributed by atoms with Gasteiger partial charge in [0.1, 0.15) is 0 Å². The summed E-state index contributed by atoms with van der Waals surface area (Å²) in [4.78, 5) is 0. The molecule has 0 aliphatic rings. The average molecular weight is 371 g/mol. The van der Waals surface area contributed by atoms with Gasteiger partial charge in [0.25, 0.3) is 0 Å². The molecule has 1 aromatic rings. The number of aliphatic hydroxyl groups excluding tert-OH is 1. The molecule has 0 aliphatic heterocycles. The van der Waals surface area contributed by atoms with Gasteiger partial charge in [-0.05, 0) is 37.0 Å². The van der Waals surface area contributed by atoms with E-state index in [1.54, 1.807) is 0 Å². The molecule has 1 rings (SSSR count). The highest BCUT2D eigenvalue weighted by atomic mass is 16.3. The molecule has 0 aliphatic carbocycles. The third-order valence-corrected chi connectivity index (χ3v) is 5.21. The van der Waals surface area contributed by atoms with Crippen molar-refractivity contribution in [3.63, 3.8) is 0 Å². The van der Waals surface area contributed by atoms with E-state index in [0.717, 1.165) is 12.0 Å². The van der Waals surface area contributed by atoms with Gasteiger partial charge in [-0.15, -0.1) is 0 Å². The lowest BCUT2D eigenvalue weighted by Gasteiger charge is -2.04. The zero-order chi connectivity index (χ0) is 19.6. The number of hydrogen-bond acceptors (Lipinski definition) is 1. The van der Waals surface area contributed by atoms with Gasteiger partial charge in [0.15, 0.2) is 0 Å². The number of allylic oxidation sites excluding steroid dienone is 2. The Morgan fingerprint density at radius 3 is 1.89 bits per heavy atom. The highest BCUT2D eigenvalue weighted by molar-refractivity contribution is 5.64. The molecule has 1 nitrogen and oxygen atoms in total. The second kappa shape index (κ2) is 16.8. The Balaban J connectivity index is 1.97. The minimum absolute atomic E-state index is 0.484. The van der Waals surface area contributed by atoms with Crippen LogP contribution in [-0.4, -0.2) is 11.2 Å². The van der Waals surface area contributed by atoms with E-state index in [2.05, 4.69) is 32.1 Å². The van der Waals surface area contributed by atoms with Crippen molar-refractivity contribution in [1.82, 2.24) is 0 Å². The van der Waals surface area contributed by atoms with Gasteiger partial charge >= 0.3 is 0 Å². The van der Waals surface area contributed by atoms with Crippen LogP contribution >= 0.6 is 0 Å². The molecule has 0 saturated carbocycles.